The molecular formula is C27H53Cl2N6O+. The average Bonchev–Trinajstić information content (AvgIpc) is 2.84. The van der Waals surface area contributed by atoms with E-state index in [0.29, 0.717) is 12.0 Å². The van der Waals surface area contributed by atoms with Crippen LogP contribution in [0.1, 0.15) is 90.9 Å². The summed E-state index contributed by atoms with van der Waals surface area (Å²) in [5.74, 6) is 0.542. The summed E-state index contributed by atoms with van der Waals surface area (Å²) < 4.78 is 0.951. The molecular weight excluding hydrogens is 495 g/mol. The maximum absolute atomic E-state index is 13.4. The maximum atomic E-state index is 13.4. The van der Waals surface area contributed by atoms with E-state index >= 15 is 0 Å². The van der Waals surface area contributed by atoms with Gasteiger partial charge in [0.2, 0.25) is 6.29 Å². The van der Waals surface area contributed by atoms with Gasteiger partial charge in [0.1, 0.15) is 0 Å². The average molecular weight is 549 g/mol. The van der Waals surface area contributed by atoms with Crippen LogP contribution in [0.2, 0.25) is 0 Å². The Morgan fingerprint density at radius 3 is 2.19 bits per heavy atom. The smallest absolute Gasteiger partial charge is 0.320 e. The molecule has 0 aromatic carbocycles. The maximum Gasteiger partial charge on any atom is 0.320 e. The van der Waals surface area contributed by atoms with Gasteiger partial charge in [-0.25, -0.2) is 10.1 Å². The molecule has 3 fully saturated rings. The number of carbonyl (C=O) groups is 1. The van der Waals surface area contributed by atoms with E-state index in [1.165, 1.54) is 44.9 Å². The Labute approximate surface area is 230 Å². The number of quaternary nitrogens is 1. The number of carbonyl (C=O) groups excluding carboxylic acids is 1. The van der Waals surface area contributed by atoms with Gasteiger partial charge in [0.05, 0.1) is 36.1 Å². The van der Waals surface area contributed by atoms with Crippen molar-refractivity contribution in [2.45, 2.75) is 126 Å². The summed E-state index contributed by atoms with van der Waals surface area (Å²) in [6, 6.07) is 0.494. The molecule has 36 heavy (non-hydrogen) atoms. The van der Waals surface area contributed by atoms with Crippen molar-refractivity contribution in [3.63, 3.8) is 0 Å². The number of nitrogens with one attached hydrogen (secondary N) is 5. The summed E-state index contributed by atoms with van der Waals surface area (Å²) in [5.41, 5.74) is 0. The second-order valence-electron chi connectivity index (χ2n) is 11.8. The van der Waals surface area contributed by atoms with Crippen molar-refractivity contribution in [2.24, 2.45) is 5.92 Å². The number of hydrogen-bond donors (Lipinski definition) is 5. The van der Waals surface area contributed by atoms with E-state index < -0.39 is 0 Å². The molecule has 6 atom stereocenters. The van der Waals surface area contributed by atoms with Gasteiger partial charge in [0.25, 0.3) is 0 Å². The van der Waals surface area contributed by atoms with Gasteiger partial charge in [0, 0.05) is 18.4 Å². The largest absolute Gasteiger partial charge is 0.335 e. The van der Waals surface area contributed by atoms with Crippen LogP contribution in [0.25, 0.3) is 0 Å². The SMILES string of the molecule is CNCCCNC1CC(C(C)C)[N+]2(CCCCCCCCC2)C(NC(=O)NC2CCC(Cl)C(Cl)C2)N1. The predicted octanol–water partition coefficient (Wildman–Crippen LogP) is 4.44. The van der Waals surface area contributed by atoms with E-state index in [4.69, 9.17) is 23.2 Å². The first-order valence-corrected chi connectivity index (χ1v) is 15.6. The van der Waals surface area contributed by atoms with Gasteiger partial charge in [-0.3, -0.25) is 9.80 Å². The third-order valence-corrected chi connectivity index (χ3v) is 9.85. The van der Waals surface area contributed by atoms with E-state index in [1.807, 2.05) is 7.05 Å². The molecule has 210 valence electrons. The monoisotopic (exact) mass is 547 g/mol. The molecule has 7 nitrogen and oxygen atoms in total. The highest BCUT2D eigenvalue weighted by molar-refractivity contribution is 6.30. The van der Waals surface area contributed by atoms with Crippen molar-refractivity contribution < 1.29 is 9.28 Å². The quantitative estimate of drug-likeness (QED) is 0.177. The van der Waals surface area contributed by atoms with Gasteiger partial charge in [-0.15, -0.1) is 23.2 Å². The summed E-state index contributed by atoms with van der Waals surface area (Å²) in [4.78, 5) is 13.4. The minimum Gasteiger partial charge on any atom is -0.335 e. The van der Waals surface area contributed by atoms with Crippen LogP contribution < -0.4 is 26.6 Å². The Bertz CT molecular complexity index is 644. The molecule has 2 amide bonds. The molecule has 1 spiro atoms. The highest BCUT2D eigenvalue weighted by Gasteiger charge is 2.50. The van der Waals surface area contributed by atoms with Gasteiger partial charge >= 0.3 is 6.03 Å². The molecule has 2 heterocycles. The molecule has 3 aliphatic rings. The third-order valence-electron chi connectivity index (χ3n) is 8.72. The fraction of sp³-hybridized carbons (Fsp3) is 0.963. The van der Waals surface area contributed by atoms with Crippen LogP contribution in [0.4, 0.5) is 4.79 Å². The topological polar surface area (TPSA) is 77.2 Å². The normalized spacial score (nSPS) is 33.8. The van der Waals surface area contributed by atoms with Gasteiger partial charge < -0.3 is 16.0 Å². The zero-order chi connectivity index (χ0) is 26.0. The van der Waals surface area contributed by atoms with Crippen LogP contribution in [0.5, 0.6) is 0 Å². The molecule has 0 bridgehead atoms. The summed E-state index contributed by atoms with van der Waals surface area (Å²) in [7, 11) is 2.00. The summed E-state index contributed by atoms with van der Waals surface area (Å²) in [6.45, 7) is 8.94. The van der Waals surface area contributed by atoms with Gasteiger partial charge in [0.15, 0.2) is 0 Å². The lowest BCUT2D eigenvalue weighted by atomic mass is 9.90. The number of halogens is 2. The van der Waals surface area contributed by atoms with Crippen LogP contribution in [0.3, 0.4) is 0 Å². The lowest BCUT2D eigenvalue weighted by Gasteiger charge is -2.56. The Hall–Kier alpha value is -0.310. The van der Waals surface area contributed by atoms with Gasteiger partial charge in [-0.1, -0.05) is 33.1 Å². The van der Waals surface area contributed by atoms with Crippen molar-refractivity contribution in [3.05, 3.63) is 0 Å². The first kappa shape index (κ1) is 30.2. The highest BCUT2D eigenvalue weighted by atomic mass is 35.5. The standard InChI is InChI=1S/C27H52Cl2N6O/c1-20(2)24-19-25(31-15-11-14-30-3)33-26(35(24)16-9-7-5-4-6-8-10-17-35)34-27(36)32-21-12-13-22(28)23(29)18-21/h20-26,30-31,33H,4-19H2,1-3H3,(H-,32,34,36)/p+1. The van der Waals surface area contributed by atoms with Crippen LogP contribution in [0, 0.1) is 5.92 Å². The fourth-order valence-corrected chi connectivity index (χ4v) is 7.30. The number of alkyl halides is 2. The molecule has 0 aromatic heterocycles. The zero-order valence-electron chi connectivity index (χ0n) is 23.0. The van der Waals surface area contributed by atoms with Crippen LogP contribution in [0.15, 0.2) is 0 Å². The minimum absolute atomic E-state index is 0.00259. The molecule has 2 saturated heterocycles. The summed E-state index contributed by atoms with van der Waals surface area (Å²) >= 11 is 12.7. The Kier molecular flexibility index (Phi) is 12.9. The predicted molar refractivity (Wildman–Crippen MR) is 151 cm³/mol. The number of rotatable bonds is 8. The lowest BCUT2D eigenvalue weighted by Crippen LogP contribution is -2.79. The second-order valence-corrected chi connectivity index (χ2v) is 12.9. The van der Waals surface area contributed by atoms with E-state index in [2.05, 4.69) is 40.4 Å². The Morgan fingerprint density at radius 1 is 0.917 bits per heavy atom. The first-order chi connectivity index (χ1) is 17.4. The van der Waals surface area contributed by atoms with Crippen molar-refractivity contribution in [3.8, 4) is 0 Å². The number of urea groups is 1. The molecule has 0 radical (unpaired) electrons. The lowest BCUT2D eigenvalue weighted by molar-refractivity contribution is -0.987. The van der Waals surface area contributed by atoms with E-state index in [0.717, 1.165) is 62.8 Å². The van der Waals surface area contributed by atoms with E-state index in [9.17, 15) is 4.79 Å². The number of nitrogens with zero attached hydrogens (tertiary/aromatic N) is 1. The van der Waals surface area contributed by atoms with Crippen molar-refractivity contribution >= 4 is 29.2 Å². The number of hydrogen-bond acceptors (Lipinski definition) is 4. The summed E-state index contributed by atoms with van der Waals surface area (Å²) in [6.07, 6.45) is 13.7. The molecule has 1 aliphatic carbocycles. The molecule has 2 aliphatic heterocycles. The Balaban J connectivity index is 1.77. The molecule has 0 aromatic rings. The first-order valence-electron chi connectivity index (χ1n) is 14.7. The third kappa shape index (κ3) is 8.60. The molecule has 6 unspecified atom stereocenters. The highest BCUT2D eigenvalue weighted by Crippen LogP contribution is 2.33. The Morgan fingerprint density at radius 2 is 1.58 bits per heavy atom. The van der Waals surface area contributed by atoms with Crippen LogP contribution in [-0.2, 0) is 0 Å². The molecule has 9 heteroatoms. The molecule has 3 rings (SSSR count). The zero-order valence-corrected chi connectivity index (χ0v) is 24.5. The van der Waals surface area contributed by atoms with E-state index in [1.54, 1.807) is 0 Å². The summed E-state index contributed by atoms with van der Waals surface area (Å²) in [5, 5.41) is 17.4. The molecule has 5 N–H and O–H groups in total. The second kappa shape index (κ2) is 15.3. The van der Waals surface area contributed by atoms with Gasteiger partial charge in [-0.2, -0.15) is 0 Å². The minimum atomic E-state index is -0.108. The van der Waals surface area contributed by atoms with E-state index in [-0.39, 0.29) is 35.3 Å². The van der Waals surface area contributed by atoms with Crippen molar-refractivity contribution in [1.29, 1.82) is 0 Å². The van der Waals surface area contributed by atoms with Crippen LogP contribution in [-0.4, -0.2) is 79.0 Å². The molecule has 1 saturated carbocycles. The van der Waals surface area contributed by atoms with Gasteiger partial charge in [-0.05, 0) is 71.5 Å². The number of amides is 2. The fourth-order valence-electron chi connectivity index (χ4n) is 6.73. The van der Waals surface area contributed by atoms with Crippen molar-refractivity contribution in [1.82, 2.24) is 26.6 Å². The van der Waals surface area contributed by atoms with Crippen molar-refractivity contribution in [2.75, 3.05) is 33.2 Å². The van der Waals surface area contributed by atoms with Crippen LogP contribution >= 0.6 is 23.2 Å².